The van der Waals surface area contributed by atoms with Crippen LogP contribution in [0.5, 0.6) is 0 Å². The fraction of sp³-hybridized carbons (Fsp3) is 0.364. The van der Waals surface area contributed by atoms with E-state index in [1.807, 2.05) is 48.5 Å². The topological polar surface area (TPSA) is 75.7 Å². The predicted molar refractivity (Wildman–Crippen MR) is 149 cm³/mol. The van der Waals surface area contributed by atoms with Gasteiger partial charge in [-0.15, -0.1) is 0 Å². The van der Waals surface area contributed by atoms with Crippen LogP contribution in [0, 0.1) is 11.3 Å². The minimum atomic E-state index is -4.59. The molecule has 6 rings (SSSR count). The van der Waals surface area contributed by atoms with E-state index in [0.717, 1.165) is 39.8 Å². The molecule has 218 valence electrons. The van der Waals surface area contributed by atoms with E-state index in [2.05, 4.69) is 5.32 Å². The van der Waals surface area contributed by atoms with Crippen molar-refractivity contribution in [3.05, 3.63) is 94.5 Å². The highest BCUT2D eigenvalue weighted by molar-refractivity contribution is 5.91. The lowest BCUT2D eigenvalue weighted by molar-refractivity contribution is -0.199. The van der Waals surface area contributed by atoms with Crippen molar-refractivity contribution in [3.63, 3.8) is 0 Å². The lowest BCUT2D eigenvalue weighted by Crippen LogP contribution is -2.46. The number of amides is 2. The van der Waals surface area contributed by atoms with Gasteiger partial charge < -0.3 is 15.0 Å². The molecule has 0 radical (unpaired) electrons. The summed E-state index contributed by atoms with van der Waals surface area (Å²) in [5.41, 5.74) is 3.22. The van der Waals surface area contributed by atoms with Crippen molar-refractivity contribution in [1.29, 1.82) is 0 Å². The lowest BCUT2D eigenvalue weighted by Gasteiger charge is -2.35. The highest BCUT2D eigenvalue weighted by Gasteiger charge is 2.69. The van der Waals surface area contributed by atoms with E-state index in [0.29, 0.717) is 12.0 Å². The monoisotopic (exact) mass is 576 g/mol. The number of esters is 1. The maximum Gasteiger partial charge on any atom is 0.403 e. The van der Waals surface area contributed by atoms with Crippen molar-refractivity contribution in [1.82, 2.24) is 10.2 Å². The molecule has 0 saturated heterocycles. The number of ether oxygens (including phenoxy) is 1. The van der Waals surface area contributed by atoms with Crippen LogP contribution in [0.4, 0.5) is 13.2 Å². The number of halogens is 3. The van der Waals surface area contributed by atoms with Gasteiger partial charge in [0.05, 0.1) is 12.7 Å². The van der Waals surface area contributed by atoms with E-state index >= 15 is 0 Å². The van der Waals surface area contributed by atoms with Crippen LogP contribution in [0.25, 0.3) is 11.1 Å². The smallest absolute Gasteiger partial charge is 0.403 e. The number of benzene rings is 3. The number of hydrogen-bond donors (Lipinski definition) is 1. The number of methoxy groups -OCH3 is 1. The molecule has 3 aromatic carbocycles. The van der Waals surface area contributed by atoms with Gasteiger partial charge in [0.2, 0.25) is 11.8 Å². The van der Waals surface area contributed by atoms with Crippen LogP contribution in [0.15, 0.2) is 66.7 Å². The number of carbonyl (C=O) groups is 3. The molecule has 2 unspecified atom stereocenters. The summed E-state index contributed by atoms with van der Waals surface area (Å²) in [5.74, 6) is -1.36. The Kier molecular flexibility index (Phi) is 7.07. The van der Waals surface area contributed by atoms with E-state index in [-0.39, 0.29) is 50.2 Å². The first-order valence-corrected chi connectivity index (χ1v) is 14.1. The van der Waals surface area contributed by atoms with E-state index in [1.54, 1.807) is 18.2 Å². The SMILES string of the molecule is COC(=O)c1cccc(-c2ccc(CNC(=O)C3CC3c3ccccc3)c3c2CCN(C(=O)C2(C(F)(F)F)CC2)C3)c1. The molecule has 2 fully saturated rings. The first-order chi connectivity index (χ1) is 20.1. The first kappa shape index (κ1) is 28.0. The minimum Gasteiger partial charge on any atom is -0.465 e. The molecule has 0 bridgehead atoms. The molecule has 42 heavy (non-hydrogen) atoms. The molecule has 3 aliphatic rings. The van der Waals surface area contributed by atoms with Crippen LogP contribution in [-0.4, -0.2) is 42.5 Å². The van der Waals surface area contributed by atoms with Crippen molar-refractivity contribution < 1.29 is 32.3 Å². The Morgan fingerprint density at radius 3 is 2.45 bits per heavy atom. The van der Waals surface area contributed by atoms with Gasteiger partial charge >= 0.3 is 12.1 Å². The zero-order chi connectivity index (χ0) is 29.6. The van der Waals surface area contributed by atoms with Crippen LogP contribution >= 0.6 is 0 Å². The molecular formula is C33H31F3N2O4. The van der Waals surface area contributed by atoms with E-state index in [9.17, 15) is 27.6 Å². The number of alkyl halides is 3. The lowest BCUT2D eigenvalue weighted by atomic mass is 9.86. The van der Waals surface area contributed by atoms with Crippen LogP contribution in [-0.2, 0) is 33.8 Å². The van der Waals surface area contributed by atoms with Crippen molar-refractivity contribution >= 4 is 17.8 Å². The largest absolute Gasteiger partial charge is 0.465 e. The molecule has 2 aliphatic carbocycles. The van der Waals surface area contributed by atoms with Gasteiger partial charge in [0.25, 0.3) is 0 Å². The number of carbonyl (C=O) groups excluding carboxylic acids is 3. The Morgan fingerprint density at radius 1 is 1.00 bits per heavy atom. The van der Waals surface area contributed by atoms with Crippen molar-refractivity contribution in [2.24, 2.45) is 11.3 Å². The molecule has 1 N–H and O–H groups in total. The summed E-state index contributed by atoms with van der Waals surface area (Å²) >= 11 is 0. The van der Waals surface area contributed by atoms with Gasteiger partial charge in [0.1, 0.15) is 5.41 Å². The molecule has 0 aromatic heterocycles. The fourth-order valence-electron chi connectivity index (χ4n) is 6.19. The standard InChI is InChI=1S/C33H31F3N2O4/c1-42-30(40)22-9-5-8-21(16-22)24-11-10-23(18-37-29(39)27-17-26(27)20-6-3-2-4-7-20)28-19-38(15-12-25(24)28)31(41)32(13-14-32)33(34,35)36/h2-11,16,26-27H,12-15,17-19H2,1H3,(H,37,39). The van der Waals surface area contributed by atoms with E-state index < -0.39 is 23.5 Å². The van der Waals surface area contributed by atoms with E-state index in [4.69, 9.17) is 4.74 Å². The molecule has 3 aromatic rings. The third-order valence-corrected chi connectivity index (χ3v) is 8.90. The Hall–Kier alpha value is -4.14. The highest BCUT2D eigenvalue weighted by atomic mass is 19.4. The summed E-state index contributed by atoms with van der Waals surface area (Å²) in [4.78, 5) is 39.7. The first-order valence-electron chi connectivity index (χ1n) is 14.1. The summed E-state index contributed by atoms with van der Waals surface area (Å²) in [6.45, 7) is 0.385. The minimum absolute atomic E-state index is 0.0256. The fourth-order valence-corrected chi connectivity index (χ4v) is 6.19. The Bertz CT molecular complexity index is 1550. The Morgan fingerprint density at radius 2 is 1.76 bits per heavy atom. The molecule has 1 heterocycles. The molecule has 1 aliphatic heterocycles. The average molecular weight is 577 g/mol. The van der Waals surface area contributed by atoms with Crippen LogP contribution < -0.4 is 5.32 Å². The molecule has 2 amide bonds. The third-order valence-electron chi connectivity index (χ3n) is 8.90. The van der Waals surface area contributed by atoms with Crippen molar-refractivity contribution in [3.8, 4) is 11.1 Å². The van der Waals surface area contributed by atoms with Gasteiger partial charge in [-0.25, -0.2) is 4.79 Å². The summed E-state index contributed by atoms with van der Waals surface area (Å²) in [6.07, 6.45) is -3.84. The number of rotatable bonds is 7. The molecule has 9 heteroatoms. The number of hydrogen-bond acceptors (Lipinski definition) is 4. The maximum atomic E-state index is 13.8. The second-order valence-corrected chi connectivity index (χ2v) is 11.4. The quantitative estimate of drug-likeness (QED) is 0.362. The van der Waals surface area contributed by atoms with Gasteiger partial charge in [-0.2, -0.15) is 13.2 Å². The second-order valence-electron chi connectivity index (χ2n) is 11.4. The maximum absolute atomic E-state index is 13.8. The summed E-state index contributed by atoms with van der Waals surface area (Å²) < 4.78 is 46.3. The summed E-state index contributed by atoms with van der Waals surface area (Å²) in [5, 5.41) is 3.03. The second kappa shape index (κ2) is 10.6. The summed E-state index contributed by atoms with van der Waals surface area (Å²) in [6, 6.07) is 20.6. The van der Waals surface area contributed by atoms with Gasteiger partial charge in [0.15, 0.2) is 0 Å². The van der Waals surface area contributed by atoms with Crippen molar-refractivity contribution in [2.45, 2.75) is 50.9 Å². The zero-order valence-corrected chi connectivity index (χ0v) is 23.2. The van der Waals surface area contributed by atoms with Crippen LogP contribution in [0.3, 0.4) is 0 Å². The normalized spacial score (nSPS) is 20.3. The van der Waals surface area contributed by atoms with Crippen molar-refractivity contribution in [2.75, 3.05) is 13.7 Å². The number of fused-ring (bicyclic) bond motifs is 1. The number of nitrogens with zero attached hydrogens (tertiary/aromatic N) is 1. The molecule has 2 atom stereocenters. The molecule has 6 nitrogen and oxygen atoms in total. The van der Waals surface area contributed by atoms with Gasteiger partial charge in [-0.05, 0) is 77.1 Å². The molecular weight excluding hydrogens is 545 g/mol. The van der Waals surface area contributed by atoms with Gasteiger partial charge in [0, 0.05) is 25.6 Å². The Balaban J connectivity index is 1.28. The third kappa shape index (κ3) is 5.05. The van der Waals surface area contributed by atoms with Crippen LogP contribution in [0.2, 0.25) is 0 Å². The predicted octanol–water partition coefficient (Wildman–Crippen LogP) is 5.79. The van der Waals surface area contributed by atoms with Gasteiger partial charge in [-0.1, -0.05) is 54.6 Å². The summed E-state index contributed by atoms with van der Waals surface area (Å²) in [7, 11) is 1.31. The highest BCUT2D eigenvalue weighted by Crippen LogP contribution is 2.59. The van der Waals surface area contributed by atoms with E-state index in [1.165, 1.54) is 12.0 Å². The molecule has 0 spiro atoms. The molecule has 2 saturated carbocycles. The Labute approximate surface area is 241 Å². The zero-order valence-electron chi connectivity index (χ0n) is 23.2. The average Bonchev–Trinajstić information content (AvgIpc) is 3.93. The number of nitrogens with one attached hydrogen (secondary N) is 1. The van der Waals surface area contributed by atoms with Crippen LogP contribution in [0.1, 0.15) is 57.8 Å². The van der Waals surface area contributed by atoms with Gasteiger partial charge in [-0.3, -0.25) is 9.59 Å².